The van der Waals surface area contributed by atoms with Crippen LogP contribution < -0.4 is 5.32 Å². The second-order valence-corrected chi connectivity index (χ2v) is 7.15. The second kappa shape index (κ2) is 6.92. The average molecular weight is 388 g/mol. The monoisotopic (exact) mass is 387 g/mol. The zero-order chi connectivity index (χ0) is 19.8. The third-order valence-electron chi connectivity index (χ3n) is 4.95. The molecular formula is C21H14ClN5O. The number of aryl methyl sites for hydroxylation is 1. The maximum atomic E-state index is 12.2. The summed E-state index contributed by atoms with van der Waals surface area (Å²) in [6.07, 6.45) is 5.52. The van der Waals surface area contributed by atoms with Crippen molar-refractivity contribution in [2.75, 3.05) is 5.32 Å². The van der Waals surface area contributed by atoms with Gasteiger partial charge in [0.15, 0.2) is 0 Å². The van der Waals surface area contributed by atoms with Crippen LogP contribution in [0.25, 0.3) is 21.9 Å². The highest BCUT2D eigenvalue weighted by Gasteiger charge is 2.43. The van der Waals surface area contributed by atoms with Crippen LogP contribution in [0.5, 0.6) is 0 Å². The Morgan fingerprint density at radius 2 is 2.11 bits per heavy atom. The first kappa shape index (κ1) is 17.9. The molecule has 1 saturated carbocycles. The van der Waals surface area contributed by atoms with Crippen LogP contribution in [-0.2, 0) is 4.79 Å². The van der Waals surface area contributed by atoms with Gasteiger partial charge >= 0.3 is 0 Å². The van der Waals surface area contributed by atoms with Gasteiger partial charge in [-0.25, -0.2) is 4.98 Å². The normalized spacial score (nSPS) is 17.6. The number of carbonyl (C=O) groups excluding carboxylic acids is 1. The molecule has 1 aliphatic rings. The van der Waals surface area contributed by atoms with E-state index in [-0.39, 0.29) is 17.7 Å². The van der Waals surface area contributed by atoms with Crippen molar-refractivity contribution in [3.05, 3.63) is 52.9 Å². The molecule has 28 heavy (non-hydrogen) atoms. The molecule has 2 heterocycles. The molecule has 136 valence electrons. The van der Waals surface area contributed by atoms with Crippen LogP contribution in [0.15, 0.2) is 36.8 Å². The van der Waals surface area contributed by atoms with Gasteiger partial charge in [0.1, 0.15) is 11.9 Å². The number of halogens is 1. The Morgan fingerprint density at radius 3 is 2.79 bits per heavy atom. The van der Waals surface area contributed by atoms with Gasteiger partial charge in [-0.3, -0.25) is 9.78 Å². The van der Waals surface area contributed by atoms with E-state index >= 15 is 0 Å². The highest BCUT2D eigenvalue weighted by molar-refractivity contribution is 6.37. The number of hydrogen-bond acceptors (Lipinski definition) is 5. The number of nitrogens with one attached hydrogen (secondary N) is 1. The van der Waals surface area contributed by atoms with E-state index in [2.05, 4.69) is 27.4 Å². The van der Waals surface area contributed by atoms with E-state index in [1.807, 2.05) is 19.1 Å². The number of anilines is 1. The van der Waals surface area contributed by atoms with Crippen LogP contribution in [-0.4, -0.2) is 15.9 Å². The van der Waals surface area contributed by atoms with E-state index < -0.39 is 0 Å². The minimum atomic E-state index is -0.277. The first-order valence-corrected chi connectivity index (χ1v) is 9.05. The molecule has 4 rings (SSSR count). The molecule has 0 radical (unpaired) electrons. The fourth-order valence-corrected chi connectivity index (χ4v) is 3.54. The molecule has 3 aromatic rings. The van der Waals surface area contributed by atoms with Crippen molar-refractivity contribution >= 4 is 34.1 Å². The van der Waals surface area contributed by atoms with Crippen molar-refractivity contribution in [2.45, 2.75) is 13.3 Å². The maximum Gasteiger partial charge on any atom is 0.230 e. The number of nitrogens with zero attached hydrogens (tertiary/aromatic N) is 4. The molecular weight excluding hydrogens is 374 g/mol. The molecule has 1 fully saturated rings. The highest BCUT2D eigenvalue weighted by Crippen LogP contribution is 2.39. The number of hydrogen-bond donors (Lipinski definition) is 1. The number of carbonyl (C=O) groups is 1. The second-order valence-electron chi connectivity index (χ2n) is 6.77. The van der Waals surface area contributed by atoms with Crippen LogP contribution in [0.1, 0.15) is 17.5 Å². The number of rotatable bonds is 3. The summed E-state index contributed by atoms with van der Waals surface area (Å²) in [4.78, 5) is 20.6. The molecule has 0 spiro atoms. The topological polar surface area (TPSA) is 102 Å². The molecule has 1 amide bonds. The third kappa shape index (κ3) is 3.05. The van der Waals surface area contributed by atoms with Crippen molar-refractivity contribution < 1.29 is 4.79 Å². The molecule has 0 unspecified atom stereocenters. The Morgan fingerprint density at radius 1 is 1.29 bits per heavy atom. The number of benzene rings is 1. The minimum absolute atomic E-state index is 0.207. The van der Waals surface area contributed by atoms with Crippen molar-refractivity contribution in [1.29, 1.82) is 10.5 Å². The van der Waals surface area contributed by atoms with Gasteiger partial charge in [0.2, 0.25) is 5.91 Å². The van der Waals surface area contributed by atoms with E-state index in [0.717, 1.165) is 16.5 Å². The molecule has 0 bridgehead atoms. The van der Waals surface area contributed by atoms with Crippen LogP contribution in [0.4, 0.5) is 5.82 Å². The lowest BCUT2D eigenvalue weighted by Crippen LogP contribution is -2.15. The number of fused-ring (bicyclic) bond motifs is 1. The molecule has 6 nitrogen and oxygen atoms in total. The fraction of sp³-hybridized carbons (Fsp3) is 0.190. The number of nitriles is 2. The van der Waals surface area contributed by atoms with Gasteiger partial charge < -0.3 is 5.32 Å². The first-order chi connectivity index (χ1) is 13.5. The standard InChI is InChI=1S/C21H14ClN5O/c1-11-2-3-25-9-17(11)15-4-12-6-19(27-21(28)14-5-13(14)7-23)26-10-18(12)20(22)16(15)8-24/h2-4,6,9-10,13-14H,5H2,1H3,(H,26,27,28)/t13-,14+/m1/s1. The fourth-order valence-electron chi connectivity index (χ4n) is 3.24. The molecule has 0 aliphatic heterocycles. The molecule has 2 aromatic heterocycles. The summed E-state index contributed by atoms with van der Waals surface area (Å²) >= 11 is 6.50. The summed E-state index contributed by atoms with van der Waals surface area (Å²) in [5, 5.41) is 23.0. The molecule has 1 aliphatic carbocycles. The molecule has 2 atom stereocenters. The van der Waals surface area contributed by atoms with Crippen molar-refractivity contribution in [3.8, 4) is 23.3 Å². The van der Waals surface area contributed by atoms with Gasteiger partial charge in [-0.15, -0.1) is 0 Å². The highest BCUT2D eigenvalue weighted by atomic mass is 35.5. The third-order valence-corrected chi connectivity index (χ3v) is 5.34. The summed E-state index contributed by atoms with van der Waals surface area (Å²) in [5.41, 5.74) is 2.83. The van der Waals surface area contributed by atoms with Crippen molar-refractivity contribution in [2.24, 2.45) is 11.8 Å². The summed E-state index contributed by atoms with van der Waals surface area (Å²) in [6.45, 7) is 1.94. The van der Waals surface area contributed by atoms with Gasteiger partial charge in [0.05, 0.1) is 28.5 Å². The zero-order valence-electron chi connectivity index (χ0n) is 14.9. The average Bonchev–Trinajstić information content (AvgIpc) is 3.48. The summed E-state index contributed by atoms with van der Waals surface area (Å²) in [7, 11) is 0. The Labute approximate surface area is 166 Å². The van der Waals surface area contributed by atoms with Gasteiger partial charge in [0.25, 0.3) is 0 Å². The Bertz CT molecular complexity index is 1210. The Kier molecular flexibility index (Phi) is 4.43. The van der Waals surface area contributed by atoms with Crippen LogP contribution in [0.3, 0.4) is 0 Å². The smallest absolute Gasteiger partial charge is 0.230 e. The predicted octanol–water partition coefficient (Wildman–Crippen LogP) is 4.23. The van der Waals surface area contributed by atoms with E-state index in [1.165, 1.54) is 0 Å². The predicted molar refractivity (Wildman–Crippen MR) is 105 cm³/mol. The van der Waals surface area contributed by atoms with Crippen molar-refractivity contribution in [3.63, 3.8) is 0 Å². The van der Waals surface area contributed by atoms with Crippen LogP contribution in [0.2, 0.25) is 5.02 Å². The molecule has 1 aromatic carbocycles. The Balaban J connectivity index is 1.79. The van der Waals surface area contributed by atoms with Gasteiger partial charge in [-0.1, -0.05) is 11.6 Å². The largest absolute Gasteiger partial charge is 0.310 e. The van der Waals surface area contributed by atoms with E-state index in [0.29, 0.717) is 33.8 Å². The first-order valence-electron chi connectivity index (χ1n) is 8.67. The molecule has 7 heteroatoms. The minimum Gasteiger partial charge on any atom is -0.310 e. The molecule has 1 N–H and O–H groups in total. The van der Waals surface area contributed by atoms with Crippen LogP contribution in [0, 0.1) is 41.4 Å². The summed E-state index contributed by atoms with van der Waals surface area (Å²) in [5.74, 6) is -0.314. The lowest BCUT2D eigenvalue weighted by molar-refractivity contribution is -0.117. The van der Waals surface area contributed by atoms with Crippen molar-refractivity contribution in [1.82, 2.24) is 9.97 Å². The van der Waals surface area contributed by atoms with Crippen LogP contribution >= 0.6 is 11.6 Å². The lowest BCUT2D eigenvalue weighted by atomic mass is 9.95. The van der Waals surface area contributed by atoms with Gasteiger partial charge in [-0.2, -0.15) is 10.5 Å². The quantitative estimate of drug-likeness (QED) is 0.724. The molecule has 0 saturated heterocycles. The summed E-state index contributed by atoms with van der Waals surface area (Å²) in [6, 6.07) is 9.72. The van der Waals surface area contributed by atoms with E-state index in [1.54, 1.807) is 24.7 Å². The zero-order valence-corrected chi connectivity index (χ0v) is 15.7. The number of amides is 1. The maximum absolute atomic E-state index is 12.2. The number of aromatic nitrogens is 2. The Hall–Kier alpha value is -3.48. The lowest BCUT2D eigenvalue weighted by Gasteiger charge is -2.12. The SMILES string of the molecule is Cc1ccncc1-c1cc2cc(NC(=O)[C@H]3C[C@@H]3C#N)ncc2c(Cl)c1C#N. The van der Waals surface area contributed by atoms with Gasteiger partial charge in [-0.05, 0) is 42.5 Å². The number of pyridine rings is 2. The van der Waals surface area contributed by atoms with E-state index in [4.69, 9.17) is 16.9 Å². The van der Waals surface area contributed by atoms with E-state index in [9.17, 15) is 10.1 Å². The summed E-state index contributed by atoms with van der Waals surface area (Å²) < 4.78 is 0. The van der Waals surface area contributed by atoms with Gasteiger partial charge in [0, 0.05) is 35.1 Å².